The highest BCUT2D eigenvalue weighted by molar-refractivity contribution is 4.62. The van der Waals surface area contributed by atoms with E-state index < -0.39 is 12.1 Å². The van der Waals surface area contributed by atoms with Crippen LogP contribution in [0.5, 0.6) is 0 Å². The first-order valence-corrected chi connectivity index (χ1v) is 2.48. The lowest BCUT2D eigenvalue weighted by Crippen LogP contribution is -2.34. The Morgan fingerprint density at radius 2 is 2.00 bits per heavy atom. The molecule has 0 rings (SSSR count). The maximum absolute atomic E-state index is 11.5. The topological polar surface area (TPSA) is 38.0 Å². The van der Waals surface area contributed by atoms with Gasteiger partial charge in [0.2, 0.25) is 0 Å². The van der Waals surface area contributed by atoms with E-state index in [0.29, 0.717) is 0 Å². The number of halogens is 3. The molecule has 2 nitrogen and oxygen atoms in total. The molecule has 5 heteroatoms. The van der Waals surface area contributed by atoms with Gasteiger partial charge in [0.15, 0.2) is 0 Å². The van der Waals surface area contributed by atoms with Crippen LogP contribution in [0, 0.1) is 5.92 Å². The molecule has 0 aromatic heterocycles. The Bertz CT molecular complexity index is 80.4. The molecule has 0 heterocycles. The highest BCUT2D eigenvalue weighted by Crippen LogP contribution is 2.24. The van der Waals surface area contributed by atoms with Gasteiger partial charge in [-0.1, -0.05) is 6.92 Å². The maximum Gasteiger partial charge on any atom is 0.392 e. The van der Waals surface area contributed by atoms with E-state index in [1.165, 1.54) is 0 Å². The molecule has 0 unspecified atom stereocenters. The Morgan fingerprint density at radius 1 is 1.56 bits per heavy atom. The van der Waals surface area contributed by atoms with Gasteiger partial charge in [0.1, 0.15) is 0 Å². The molecule has 0 aromatic rings. The molecular formula is C4H9F3N2. The normalized spacial score (nSPS) is 15.7. The maximum atomic E-state index is 11.5. The zero-order chi connectivity index (χ0) is 7.49. The monoisotopic (exact) mass is 142 g/mol. The van der Waals surface area contributed by atoms with E-state index in [1.54, 1.807) is 0 Å². The van der Waals surface area contributed by atoms with Gasteiger partial charge in [-0.05, 0) is 0 Å². The third kappa shape index (κ3) is 3.31. The lowest BCUT2D eigenvalue weighted by Gasteiger charge is -2.13. The Balaban J connectivity index is 3.59. The van der Waals surface area contributed by atoms with E-state index in [1.807, 2.05) is 5.43 Å². The van der Waals surface area contributed by atoms with Crippen molar-refractivity contribution in [2.75, 3.05) is 6.54 Å². The third-order valence-corrected chi connectivity index (χ3v) is 0.983. The Hall–Kier alpha value is -0.290. The molecule has 0 amide bonds. The molecule has 0 radical (unpaired) electrons. The SMILES string of the molecule is C[C@H](CNN)C(F)(F)F. The zero-order valence-corrected chi connectivity index (χ0v) is 5.00. The molecule has 3 N–H and O–H groups in total. The fraction of sp³-hybridized carbons (Fsp3) is 1.00. The summed E-state index contributed by atoms with van der Waals surface area (Å²) in [5, 5.41) is 0. The second kappa shape index (κ2) is 3.03. The molecule has 0 aliphatic rings. The Labute approximate surface area is 51.2 Å². The molecule has 0 bridgehead atoms. The van der Waals surface area contributed by atoms with Crippen LogP contribution in [-0.2, 0) is 0 Å². The van der Waals surface area contributed by atoms with Crippen molar-refractivity contribution in [3.8, 4) is 0 Å². The van der Waals surface area contributed by atoms with Gasteiger partial charge in [-0.3, -0.25) is 11.3 Å². The van der Waals surface area contributed by atoms with E-state index in [-0.39, 0.29) is 6.54 Å². The molecule has 0 saturated carbocycles. The van der Waals surface area contributed by atoms with Crippen LogP contribution in [0.1, 0.15) is 6.92 Å². The summed E-state index contributed by atoms with van der Waals surface area (Å²) in [5.41, 5.74) is 1.95. The number of hydrogen-bond acceptors (Lipinski definition) is 2. The van der Waals surface area contributed by atoms with Crippen molar-refractivity contribution < 1.29 is 13.2 Å². The second-order valence-electron chi connectivity index (χ2n) is 1.85. The molecule has 0 aliphatic carbocycles. The second-order valence-corrected chi connectivity index (χ2v) is 1.85. The van der Waals surface area contributed by atoms with Crippen LogP contribution in [0.3, 0.4) is 0 Å². The molecule has 9 heavy (non-hydrogen) atoms. The van der Waals surface area contributed by atoms with Crippen LogP contribution in [0.25, 0.3) is 0 Å². The van der Waals surface area contributed by atoms with Gasteiger partial charge in [-0.2, -0.15) is 13.2 Å². The highest BCUT2D eigenvalue weighted by Gasteiger charge is 2.35. The van der Waals surface area contributed by atoms with Gasteiger partial charge < -0.3 is 0 Å². The summed E-state index contributed by atoms with van der Waals surface area (Å²) >= 11 is 0. The number of hydrazine groups is 1. The number of nitrogens with one attached hydrogen (secondary N) is 1. The van der Waals surface area contributed by atoms with E-state index in [9.17, 15) is 13.2 Å². The van der Waals surface area contributed by atoms with Gasteiger partial charge in [-0.25, -0.2) is 0 Å². The molecule has 0 saturated heterocycles. The Morgan fingerprint density at radius 3 is 2.11 bits per heavy atom. The van der Waals surface area contributed by atoms with Crippen molar-refractivity contribution in [2.24, 2.45) is 11.8 Å². The van der Waals surface area contributed by atoms with E-state index in [4.69, 9.17) is 0 Å². The molecule has 0 fully saturated rings. The van der Waals surface area contributed by atoms with Crippen LogP contribution < -0.4 is 11.3 Å². The van der Waals surface area contributed by atoms with Crippen molar-refractivity contribution in [3.05, 3.63) is 0 Å². The summed E-state index contributed by atoms with van der Waals surface area (Å²) in [4.78, 5) is 0. The number of alkyl halides is 3. The van der Waals surface area contributed by atoms with Gasteiger partial charge in [0.25, 0.3) is 0 Å². The van der Waals surface area contributed by atoms with E-state index >= 15 is 0 Å². The molecule has 1 atom stereocenters. The molecule has 56 valence electrons. The first-order chi connectivity index (χ1) is 3.98. The number of rotatable bonds is 2. The average molecular weight is 142 g/mol. The van der Waals surface area contributed by atoms with Crippen LogP contribution >= 0.6 is 0 Å². The summed E-state index contributed by atoms with van der Waals surface area (Å²) < 4.78 is 34.6. The number of nitrogens with two attached hydrogens (primary N) is 1. The Kier molecular flexibility index (Phi) is 2.93. The third-order valence-electron chi connectivity index (χ3n) is 0.983. The minimum absolute atomic E-state index is 0.233. The minimum Gasteiger partial charge on any atom is -0.271 e. The fourth-order valence-corrected chi connectivity index (χ4v) is 0.293. The summed E-state index contributed by atoms with van der Waals surface area (Å²) in [5.74, 6) is 3.30. The fourth-order valence-electron chi connectivity index (χ4n) is 0.293. The largest absolute Gasteiger partial charge is 0.392 e. The standard InChI is InChI=1S/C4H9F3N2/c1-3(2-9-8)4(5,6)7/h3,9H,2,8H2,1H3/t3-/m1/s1. The first-order valence-electron chi connectivity index (χ1n) is 2.48. The average Bonchev–Trinajstić information content (AvgIpc) is 1.64. The summed E-state index contributed by atoms with van der Waals surface area (Å²) in [6.07, 6.45) is -4.13. The quantitative estimate of drug-likeness (QED) is 0.438. The summed E-state index contributed by atoms with van der Waals surface area (Å²) in [7, 11) is 0. The van der Waals surface area contributed by atoms with Crippen molar-refractivity contribution in [2.45, 2.75) is 13.1 Å². The zero-order valence-electron chi connectivity index (χ0n) is 5.00. The van der Waals surface area contributed by atoms with Crippen LogP contribution in [0.15, 0.2) is 0 Å². The van der Waals surface area contributed by atoms with Crippen molar-refractivity contribution in [3.63, 3.8) is 0 Å². The van der Waals surface area contributed by atoms with Crippen LogP contribution in [-0.4, -0.2) is 12.7 Å². The molecule has 0 aromatic carbocycles. The van der Waals surface area contributed by atoms with E-state index in [0.717, 1.165) is 6.92 Å². The summed E-state index contributed by atoms with van der Waals surface area (Å²) in [6.45, 7) is 0.837. The predicted octanol–water partition coefficient (Wildman–Crippen LogP) is 0.648. The lowest BCUT2D eigenvalue weighted by molar-refractivity contribution is -0.168. The lowest BCUT2D eigenvalue weighted by atomic mass is 10.2. The minimum atomic E-state index is -4.13. The molecule has 0 aliphatic heterocycles. The van der Waals surface area contributed by atoms with Crippen LogP contribution in [0.2, 0.25) is 0 Å². The van der Waals surface area contributed by atoms with Gasteiger partial charge >= 0.3 is 6.18 Å². The predicted molar refractivity (Wildman–Crippen MR) is 27.4 cm³/mol. The number of hydrogen-bond donors (Lipinski definition) is 2. The summed E-state index contributed by atoms with van der Waals surface area (Å²) in [6, 6.07) is 0. The van der Waals surface area contributed by atoms with Gasteiger partial charge in [0, 0.05) is 6.54 Å². The first kappa shape index (κ1) is 8.71. The smallest absolute Gasteiger partial charge is 0.271 e. The molecule has 0 spiro atoms. The van der Waals surface area contributed by atoms with Crippen molar-refractivity contribution >= 4 is 0 Å². The van der Waals surface area contributed by atoms with Gasteiger partial charge in [-0.15, -0.1) is 0 Å². The molecular weight excluding hydrogens is 133 g/mol. The van der Waals surface area contributed by atoms with Crippen LogP contribution in [0.4, 0.5) is 13.2 Å². The van der Waals surface area contributed by atoms with Gasteiger partial charge in [0.05, 0.1) is 5.92 Å². The van der Waals surface area contributed by atoms with Crippen molar-refractivity contribution in [1.29, 1.82) is 0 Å². The van der Waals surface area contributed by atoms with E-state index in [2.05, 4.69) is 5.84 Å². The highest BCUT2D eigenvalue weighted by atomic mass is 19.4. The van der Waals surface area contributed by atoms with Crippen molar-refractivity contribution in [1.82, 2.24) is 5.43 Å².